The predicted octanol–water partition coefficient (Wildman–Crippen LogP) is 10.9. The van der Waals surface area contributed by atoms with Crippen LogP contribution in [0.25, 0.3) is 0 Å². The van der Waals surface area contributed by atoms with E-state index in [9.17, 15) is 19.2 Å². The first kappa shape index (κ1) is 42.9. The molecule has 0 atom stereocenters. The number of allylic oxidation sites excluding steroid dienone is 10. The molecule has 0 radical (unpaired) electrons. The fourth-order valence-electron chi connectivity index (χ4n) is 5.02. The summed E-state index contributed by atoms with van der Waals surface area (Å²) >= 11 is 5.91. The molecule has 0 saturated heterocycles. The van der Waals surface area contributed by atoms with Gasteiger partial charge in [0.25, 0.3) is 0 Å². The third-order valence-corrected chi connectivity index (χ3v) is 8.27. The number of unbranched alkanes of at least 4 members (excludes halogenated alkanes) is 1. The molecule has 1 N–H and O–H groups in total. The Kier molecular flexibility index (Phi) is 21.5. The molecule has 0 heterocycles. The second-order valence-corrected chi connectivity index (χ2v) is 13.3. The summed E-state index contributed by atoms with van der Waals surface area (Å²) < 4.78 is 5.95. The van der Waals surface area contributed by atoms with Crippen LogP contribution in [-0.4, -0.2) is 35.4 Å². The summed E-state index contributed by atoms with van der Waals surface area (Å²) in [5.74, 6) is 0.330. The van der Waals surface area contributed by atoms with Crippen LogP contribution in [-0.2, 0) is 14.4 Å². The third kappa shape index (κ3) is 19.6. The molecule has 0 aliphatic carbocycles. The van der Waals surface area contributed by atoms with Crippen LogP contribution in [0.1, 0.15) is 120 Å². The first-order valence-corrected chi connectivity index (χ1v) is 18.7. The van der Waals surface area contributed by atoms with Gasteiger partial charge in [0.05, 0.1) is 0 Å². The van der Waals surface area contributed by atoms with Crippen molar-refractivity contribution in [3.05, 3.63) is 125 Å². The molecule has 0 spiro atoms. The van der Waals surface area contributed by atoms with Gasteiger partial charge in [-0.1, -0.05) is 79.3 Å². The Morgan fingerprint density at radius 3 is 1.73 bits per heavy atom. The Morgan fingerprint density at radius 1 is 0.647 bits per heavy atom. The zero-order chi connectivity index (χ0) is 37.2. The van der Waals surface area contributed by atoms with E-state index >= 15 is 0 Å². The number of hydrogen-bond acceptors (Lipinski definition) is 5. The number of halogens is 1. The first-order chi connectivity index (χ1) is 24.6. The van der Waals surface area contributed by atoms with E-state index in [-0.39, 0.29) is 29.7 Å². The van der Waals surface area contributed by atoms with Crippen LogP contribution in [0.3, 0.4) is 0 Å². The fraction of sp³-hybridized carbons (Fsp3) is 0.409. The van der Waals surface area contributed by atoms with Crippen LogP contribution in [0, 0.1) is 0 Å². The maximum atomic E-state index is 12.9. The van der Waals surface area contributed by atoms with Crippen LogP contribution >= 0.6 is 11.6 Å². The van der Waals surface area contributed by atoms with E-state index in [1.54, 1.807) is 62.4 Å². The third-order valence-electron chi connectivity index (χ3n) is 8.01. The molecule has 0 aromatic heterocycles. The largest absolute Gasteiger partial charge is 0.480 e. The molecule has 6 nitrogen and oxygen atoms in total. The lowest BCUT2D eigenvalue weighted by molar-refractivity contribution is -0.132. The van der Waals surface area contributed by atoms with E-state index in [4.69, 9.17) is 16.3 Å². The second-order valence-electron chi connectivity index (χ2n) is 12.8. The monoisotopic (exact) mass is 713 g/mol. The van der Waals surface area contributed by atoms with Crippen LogP contribution in [0.4, 0.5) is 0 Å². The highest BCUT2D eigenvalue weighted by molar-refractivity contribution is 6.30. The smallest absolute Gasteiger partial charge is 0.220 e. The molecule has 274 valence electrons. The topological polar surface area (TPSA) is 89.5 Å². The molecule has 0 aliphatic heterocycles. The van der Waals surface area contributed by atoms with Crippen molar-refractivity contribution in [3.8, 4) is 5.75 Å². The number of ketones is 3. The standard InChI is InChI=1S/C44H56ClNO5/c1-4-5-6-7-8-9-10-11-12-13-14-15-16-17-18-19-20-26-42(49)46-35-22-24-39(47)23-21-25-41(48)44(2,3)51-40-33-29-37(30-34-40)43(50)36-27-31-38(45)32-28-36/h5-6,8-9,11-12,14-15,17-18,27-34H,4,7,10,13,16,19-26,35H2,1-3H3,(H,46,49)/b6-5-,9-8-,12-11-,15-14-,18-17-. The van der Waals surface area contributed by atoms with Crippen molar-refractivity contribution in [2.24, 2.45) is 0 Å². The van der Waals surface area contributed by atoms with Gasteiger partial charge in [0.1, 0.15) is 11.5 Å². The van der Waals surface area contributed by atoms with E-state index in [1.807, 2.05) is 0 Å². The molecular formula is C44H56ClNO5. The van der Waals surface area contributed by atoms with Gasteiger partial charge in [0.15, 0.2) is 17.2 Å². The lowest BCUT2D eigenvalue weighted by atomic mass is 9.97. The van der Waals surface area contributed by atoms with Crippen molar-refractivity contribution in [1.29, 1.82) is 0 Å². The van der Waals surface area contributed by atoms with E-state index < -0.39 is 5.60 Å². The molecule has 0 bridgehead atoms. The molecule has 7 heteroatoms. The minimum Gasteiger partial charge on any atom is -0.480 e. The van der Waals surface area contributed by atoms with E-state index in [1.165, 1.54) is 0 Å². The normalized spacial score (nSPS) is 12.2. The molecule has 2 aromatic rings. The molecule has 51 heavy (non-hydrogen) atoms. The Morgan fingerprint density at radius 2 is 1.16 bits per heavy atom. The number of nitrogens with one attached hydrogen (secondary N) is 1. The van der Waals surface area contributed by atoms with Gasteiger partial charge in [-0.3, -0.25) is 19.2 Å². The van der Waals surface area contributed by atoms with Gasteiger partial charge < -0.3 is 10.1 Å². The van der Waals surface area contributed by atoms with Crippen molar-refractivity contribution in [2.45, 2.75) is 110 Å². The zero-order valence-corrected chi connectivity index (χ0v) is 31.5. The summed E-state index contributed by atoms with van der Waals surface area (Å²) in [7, 11) is 0. The van der Waals surface area contributed by atoms with Crippen LogP contribution in [0.15, 0.2) is 109 Å². The molecule has 0 saturated carbocycles. The van der Waals surface area contributed by atoms with Crippen LogP contribution in [0.5, 0.6) is 5.75 Å². The number of carbonyl (C=O) groups is 4. The van der Waals surface area contributed by atoms with Crippen molar-refractivity contribution >= 4 is 34.9 Å². The number of benzene rings is 2. The average Bonchev–Trinajstić information content (AvgIpc) is 3.11. The van der Waals surface area contributed by atoms with Gasteiger partial charge in [0, 0.05) is 48.4 Å². The molecule has 0 fully saturated rings. The number of carbonyl (C=O) groups excluding carboxylic acids is 4. The van der Waals surface area contributed by atoms with Gasteiger partial charge in [-0.25, -0.2) is 0 Å². The average molecular weight is 714 g/mol. The maximum absolute atomic E-state index is 12.9. The first-order valence-electron chi connectivity index (χ1n) is 18.3. The molecule has 0 unspecified atom stereocenters. The van der Waals surface area contributed by atoms with Gasteiger partial charge in [-0.15, -0.1) is 0 Å². The van der Waals surface area contributed by atoms with E-state index in [0.717, 1.165) is 44.9 Å². The number of Topliss-reactive ketones (excluding diaryl/α,β-unsaturated/α-hetero) is 2. The van der Waals surface area contributed by atoms with Gasteiger partial charge in [-0.2, -0.15) is 0 Å². The number of hydrogen-bond donors (Lipinski definition) is 1. The number of ether oxygens (including phenoxy) is 1. The van der Waals surface area contributed by atoms with Crippen LogP contribution in [0.2, 0.25) is 5.02 Å². The van der Waals surface area contributed by atoms with Gasteiger partial charge >= 0.3 is 0 Å². The Bertz CT molecular complexity index is 1500. The Hall–Kier alpha value is -4.29. The minimum absolute atomic E-state index is 0.00502. The zero-order valence-electron chi connectivity index (χ0n) is 30.7. The molecule has 1 amide bonds. The van der Waals surface area contributed by atoms with E-state index in [0.29, 0.717) is 60.5 Å². The lowest BCUT2D eigenvalue weighted by Crippen LogP contribution is -2.38. The highest BCUT2D eigenvalue weighted by atomic mass is 35.5. The van der Waals surface area contributed by atoms with Gasteiger partial charge in [0.2, 0.25) is 5.91 Å². The summed E-state index contributed by atoms with van der Waals surface area (Å²) in [6.07, 6.45) is 30.6. The van der Waals surface area contributed by atoms with Crippen molar-refractivity contribution in [2.75, 3.05) is 6.54 Å². The number of rotatable bonds is 26. The molecule has 2 rings (SSSR count). The van der Waals surface area contributed by atoms with Crippen molar-refractivity contribution in [1.82, 2.24) is 5.32 Å². The SMILES string of the molecule is CC/C=C\C/C=C\C/C=C\C/C=C\C/C=C\CCCC(=O)NCCCC(=O)CCCC(=O)C(C)(C)Oc1ccc(C(=O)c2ccc(Cl)cc2)cc1. The molecular weight excluding hydrogens is 658 g/mol. The Labute approximate surface area is 310 Å². The summed E-state index contributed by atoms with van der Waals surface area (Å²) in [6.45, 7) is 6.02. The van der Waals surface area contributed by atoms with E-state index in [2.05, 4.69) is 73.0 Å². The van der Waals surface area contributed by atoms with Crippen molar-refractivity contribution < 1.29 is 23.9 Å². The van der Waals surface area contributed by atoms with Crippen LogP contribution < -0.4 is 10.1 Å². The molecule has 2 aromatic carbocycles. The summed E-state index contributed by atoms with van der Waals surface area (Å²) in [5.41, 5.74) is -0.0428. The maximum Gasteiger partial charge on any atom is 0.220 e. The lowest BCUT2D eigenvalue weighted by Gasteiger charge is -2.25. The number of amides is 1. The predicted molar refractivity (Wildman–Crippen MR) is 210 cm³/mol. The minimum atomic E-state index is -1.08. The highest BCUT2D eigenvalue weighted by Crippen LogP contribution is 2.23. The quantitative estimate of drug-likeness (QED) is 0.0595. The second kappa shape index (κ2) is 25.6. The highest BCUT2D eigenvalue weighted by Gasteiger charge is 2.29. The summed E-state index contributed by atoms with van der Waals surface area (Å²) in [4.78, 5) is 50.0. The Balaban J connectivity index is 1.50. The van der Waals surface area contributed by atoms with Gasteiger partial charge in [-0.05, 0) is 120 Å². The summed E-state index contributed by atoms with van der Waals surface area (Å²) in [6, 6.07) is 13.4. The fourth-order valence-corrected chi connectivity index (χ4v) is 5.14. The van der Waals surface area contributed by atoms with Crippen molar-refractivity contribution in [3.63, 3.8) is 0 Å². The summed E-state index contributed by atoms with van der Waals surface area (Å²) in [5, 5.41) is 3.46. The molecule has 0 aliphatic rings.